The molecule has 146 valence electrons. The summed E-state index contributed by atoms with van der Waals surface area (Å²) in [6, 6.07) is 18.0. The normalized spacial score (nSPS) is 10.6. The topological polar surface area (TPSA) is 85.7 Å². The molecule has 0 unspecified atom stereocenters. The van der Waals surface area contributed by atoms with Crippen molar-refractivity contribution in [2.75, 3.05) is 0 Å². The Kier molecular flexibility index (Phi) is 5.22. The van der Waals surface area contributed by atoms with E-state index in [1.807, 2.05) is 36.4 Å². The van der Waals surface area contributed by atoms with Gasteiger partial charge in [0, 0.05) is 37.4 Å². The molecule has 0 atom stereocenters. The second kappa shape index (κ2) is 8.13. The Balaban J connectivity index is 2.10. The zero-order valence-electron chi connectivity index (χ0n) is 16.5. The first-order valence-corrected chi connectivity index (χ1v) is 9.42. The smallest absolute Gasteiger partial charge is 0.178 e. The molecule has 6 heteroatoms. The number of hydrogen-bond acceptors (Lipinski definition) is 6. The van der Waals surface area contributed by atoms with Crippen LogP contribution in [0, 0.1) is 0 Å². The maximum Gasteiger partial charge on any atom is 0.178 e. The number of carbonyl (C=O) groups excluding carboxylic acids is 2. The maximum atomic E-state index is 12.3. The van der Waals surface area contributed by atoms with Crippen LogP contribution in [0.2, 0.25) is 0 Å². The van der Waals surface area contributed by atoms with Gasteiger partial charge in [-0.1, -0.05) is 18.2 Å². The number of Topliss-reactive ketones (excluding diaryl/α,β-unsaturated/α-hetero) is 2. The van der Waals surface area contributed by atoms with Crippen LogP contribution < -0.4 is 0 Å². The van der Waals surface area contributed by atoms with E-state index in [-0.39, 0.29) is 11.6 Å². The summed E-state index contributed by atoms with van der Waals surface area (Å²) in [5.74, 6) is -0.314. The molecule has 30 heavy (non-hydrogen) atoms. The molecule has 0 saturated carbocycles. The molecule has 0 spiro atoms. The highest BCUT2D eigenvalue weighted by molar-refractivity contribution is 5.99. The zero-order chi connectivity index (χ0) is 21.1. The molecule has 0 bridgehead atoms. The fraction of sp³-hybridized carbons (Fsp3) is 0.0833. The van der Waals surface area contributed by atoms with Crippen LogP contribution in [0.1, 0.15) is 34.8 Å². The van der Waals surface area contributed by atoms with Gasteiger partial charge in [-0.05, 0) is 42.5 Å². The third-order valence-electron chi connectivity index (χ3n) is 4.59. The minimum absolute atomic E-state index is 0.137. The van der Waals surface area contributed by atoms with E-state index in [9.17, 15) is 9.59 Å². The molecular formula is C24H18N4O2. The number of rotatable bonds is 5. The molecule has 0 radical (unpaired) electrons. The highest BCUT2D eigenvalue weighted by Crippen LogP contribution is 2.37. The van der Waals surface area contributed by atoms with Crippen molar-refractivity contribution in [3.8, 4) is 33.9 Å². The Morgan fingerprint density at radius 3 is 1.90 bits per heavy atom. The number of carbonyl (C=O) groups is 2. The highest BCUT2D eigenvalue weighted by Gasteiger charge is 2.21. The summed E-state index contributed by atoms with van der Waals surface area (Å²) in [6.07, 6.45) is 3.37. The van der Waals surface area contributed by atoms with Gasteiger partial charge in [0.2, 0.25) is 0 Å². The molecule has 0 aliphatic rings. The second-order valence-electron chi connectivity index (χ2n) is 6.73. The van der Waals surface area contributed by atoms with Crippen LogP contribution in [0.4, 0.5) is 0 Å². The van der Waals surface area contributed by atoms with E-state index in [1.165, 1.54) is 13.8 Å². The van der Waals surface area contributed by atoms with Crippen molar-refractivity contribution >= 4 is 11.6 Å². The lowest BCUT2D eigenvalue weighted by molar-refractivity contribution is 0.100. The molecule has 4 rings (SSSR count). The zero-order valence-corrected chi connectivity index (χ0v) is 16.5. The molecule has 4 heterocycles. The third-order valence-corrected chi connectivity index (χ3v) is 4.59. The van der Waals surface area contributed by atoms with Gasteiger partial charge < -0.3 is 0 Å². The number of ketones is 2. The standard InChI is InChI=1S/C24H18N4O2/c1-15(29)18-10-7-11-19(27-18)17-14-22(16(2)30)28-24(21-9-4-6-13-26-21)23(17)20-8-3-5-12-25-20/h3-14H,1-2H3. The number of nitrogens with zero attached hydrogens (tertiary/aromatic N) is 4. The SMILES string of the molecule is CC(=O)c1cccc(-c2cc(C(C)=O)nc(-c3ccccn3)c2-c2ccccn2)n1. The summed E-state index contributed by atoms with van der Waals surface area (Å²) in [5, 5.41) is 0. The molecule has 4 aromatic rings. The summed E-state index contributed by atoms with van der Waals surface area (Å²) in [6.45, 7) is 2.94. The molecule has 0 aliphatic carbocycles. The first kappa shape index (κ1) is 19.3. The van der Waals surface area contributed by atoms with Crippen molar-refractivity contribution in [2.24, 2.45) is 0 Å². The Morgan fingerprint density at radius 1 is 0.667 bits per heavy atom. The van der Waals surface area contributed by atoms with Crippen molar-refractivity contribution in [3.05, 3.63) is 84.4 Å². The summed E-state index contributed by atoms with van der Waals surface area (Å²) in [4.78, 5) is 42.2. The number of pyridine rings is 4. The molecule has 0 aliphatic heterocycles. The molecular weight excluding hydrogens is 376 g/mol. The molecule has 0 saturated heterocycles. The first-order valence-electron chi connectivity index (χ1n) is 9.42. The van der Waals surface area contributed by atoms with Gasteiger partial charge >= 0.3 is 0 Å². The van der Waals surface area contributed by atoms with Crippen molar-refractivity contribution in [2.45, 2.75) is 13.8 Å². The minimum Gasteiger partial charge on any atom is -0.293 e. The van der Waals surface area contributed by atoms with Gasteiger partial charge in [0.25, 0.3) is 0 Å². The first-order chi connectivity index (χ1) is 14.5. The summed E-state index contributed by atoms with van der Waals surface area (Å²) in [5.41, 5.74) is 4.39. The number of aromatic nitrogens is 4. The van der Waals surface area contributed by atoms with E-state index >= 15 is 0 Å². The summed E-state index contributed by atoms with van der Waals surface area (Å²) >= 11 is 0. The Morgan fingerprint density at radius 2 is 1.30 bits per heavy atom. The van der Waals surface area contributed by atoms with Crippen LogP contribution in [-0.2, 0) is 0 Å². The van der Waals surface area contributed by atoms with E-state index in [1.54, 1.807) is 36.7 Å². The maximum absolute atomic E-state index is 12.3. The van der Waals surface area contributed by atoms with Gasteiger partial charge in [-0.3, -0.25) is 19.6 Å². The van der Waals surface area contributed by atoms with Crippen LogP contribution >= 0.6 is 0 Å². The molecule has 4 aromatic heterocycles. The lowest BCUT2D eigenvalue weighted by Crippen LogP contribution is -2.05. The fourth-order valence-electron chi connectivity index (χ4n) is 3.17. The largest absolute Gasteiger partial charge is 0.293 e. The fourth-order valence-corrected chi connectivity index (χ4v) is 3.17. The van der Waals surface area contributed by atoms with E-state index in [0.29, 0.717) is 45.3 Å². The average molecular weight is 394 g/mol. The third kappa shape index (κ3) is 3.75. The van der Waals surface area contributed by atoms with E-state index in [0.717, 1.165) is 0 Å². The molecule has 6 nitrogen and oxygen atoms in total. The van der Waals surface area contributed by atoms with Crippen molar-refractivity contribution in [1.82, 2.24) is 19.9 Å². The predicted octanol–water partition coefficient (Wildman–Crippen LogP) is 4.67. The highest BCUT2D eigenvalue weighted by atomic mass is 16.1. The van der Waals surface area contributed by atoms with E-state index < -0.39 is 0 Å². The van der Waals surface area contributed by atoms with Gasteiger partial charge in [0.15, 0.2) is 11.6 Å². The Labute approximate surface area is 173 Å². The van der Waals surface area contributed by atoms with E-state index in [2.05, 4.69) is 19.9 Å². The van der Waals surface area contributed by atoms with Gasteiger partial charge in [-0.15, -0.1) is 0 Å². The van der Waals surface area contributed by atoms with Crippen molar-refractivity contribution < 1.29 is 9.59 Å². The Hall–Kier alpha value is -4.06. The van der Waals surface area contributed by atoms with Gasteiger partial charge in [0.05, 0.1) is 22.8 Å². The van der Waals surface area contributed by atoms with Crippen LogP contribution in [0.15, 0.2) is 73.1 Å². The minimum atomic E-state index is -0.177. The predicted molar refractivity (Wildman–Crippen MR) is 114 cm³/mol. The van der Waals surface area contributed by atoms with Crippen LogP contribution in [0.5, 0.6) is 0 Å². The average Bonchev–Trinajstić information content (AvgIpc) is 2.79. The summed E-state index contributed by atoms with van der Waals surface area (Å²) < 4.78 is 0. The van der Waals surface area contributed by atoms with Crippen LogP contribution in [0.25, 0.3) is 33.9 Å². The summed E-state index contributed by atoms with van der Waals surface area (Å²) in [7, 11) is 0. The van der Waals surface area contributed by atoms with Crippen LogP contribution in [0.3, 0.4) is 0 Å². The van der Waals surface area contributed by atoms with Crippen molar-refractivity contribution in [1.29, 1.82) is 0 Å². The van der Waals surface area contributed by atoms with Gasteiger partial charge in [0.1, 0.15) is 11.4 Å². The van der Waals surface area contributed by atoms with Gasteiger partial charge in [-0.2, -0.15) is 0 Å². The van der Waals surface area contributed by atoms with Gasteiger partial charge in [-0.25, -0.2) is 9.97 Å². The quantitative estimate of drug-likeness (QED) is 0.457. The Bertz CT molecular complexity index is 1240. The van der Waals surface area contributed by atoms with E-state index in [4.69, 9.17) is 0 Å². The van der Waals surface area contributed by atoms with Crippen molar-refractivity contribution in [3.63, 3.8) is 0 Å². The lowest BCUT2D eigenvalue weighted by Gasteiger charge is -2.15. The van der Waals surface area contributed by atoms with Crippen LogP contribution in [-0.4, -0.2) is 31.5 Å². The lowest BCUT2D eigenvalue weighted by atomic mass is 9.95. The molecule has 0 aromatic carbocycles. The second-order valence-corrected chi connectivity index (χ2v) is 6.73. The molecule has 0 fully saturated rings. The monoisotopic (exact) mass is 394 g/mol. The molecule has 0 amide bonds. The number of hydrogen-bond donors (Lipinski definition) is 0. The molecule has 0 N–H and O–H groups in total.